The number of benzene rings is 1. The van der Waals surface area contributed by atoms with E-state index in [1.165, 1.54) is 21.8 Å². The van der Waals surface area contributed by atoms with Gasteiger partial charge in [0, 0.05) is 34.2 Å². The summed E-state index contributed by atoms with van der Waals surface area (Å²) in [6.07, 6.45) is 0. The summed E-state index contributed by atoms with van der Waals surface area (Å²) in [5.74, 6) is 1.56. The Hall–Kier alpha value is -1.00. The first-order valence-electron chi connectivity index (χ1n) is 5.62. The third kappa shape index (κ3) is 1.96. The van der Waals surface area contributed by atoms with Crippen molar-refractivity contribution < 1.29 is 0 Å². The van der Waals surface area contributed by atoms with E-state index in [1.807, 2.05) is 28.6 Å². The highest BCUT2D eigenvalue weighted by Crippen LogP contribution is 2.39. The van der Waals surface area contributed by atoms with Gasteiger partial charge in [0.25, 0.3) is 0 Å². The molecule has 1 aromatic heterocycles. The number of hydrogen-bond donors (Lipinski definition) is 0. The monoisotopic (exact) mass is 263 g/mol. The van der Waals surface area contributed by atoms with Crippen LogP contribution < -0.4 is 4.87 Å². The van der Waals surface area contributed by atoms with Gasteiger partial charge in [-0.2, -0.15) is 0 Å². The molecular formula is C13H13NOS2. The fourth-order valence-electron chi connectivity index (χ4n) is 2.23. The molecule has 1 atom stereocenters. The second-order valence-corrected chi connectivity index (χ2v) is 6.18. The number of thiazole rings is 1. The third-order valence-corrected chi connectivity index (χ3v) is 5.31. The van der Waals surface area contributed by atoms with Crippen molar-refractivity contribution in [2.75, 3.05) is 5.75 Å². The molecule has 4 heteroatoms. The van der Waals surface area contributed by atoms with E-state index >= 15 is 0 Å². The molecule has 0 bridgehead atoms. The molecule has 1 unspecified atom stereocenters. The first-order valence-corrected chi connectivity index (χ1v) is 7.49. The lowest BCUT2D eigenvalue weighted by atomic mass is 10.0. The first kappa shape index (κ1) is 11.1. The van der Waals surface area contributed by atoms with Crippen LogP contribution in [-0.2, 0) is 6.54 Å². The molecule has 1 aliphatic heterocycles. The van der Waals surface area contributed by atoms with E-state index in [9.17, 15) is 4.79 Å². The van der Waals surface area contributed by atoms with Crippen LogP contribution >= 0.6 is 23.1 Å². The van der Waals surface area contributed by atoms with Crippen molar-refractivity contribution in [3.63, 3.8) is 0 Å². The van der Waals surface area contributed by atoms with Gasteiger partial charge in [0.2, 0.25) is 0 Å². The molecule has 2 aromatic rings. The summed E-state index contributed by atoms with van der Waals surface area (Å²) in [7, 11) is 0. The minimum atomic E-state index is 0.164. The SMILES string of the molecule is Cc1csc(=O)n1CC1CSc2ccccc21. The zero-order chi connectivity index (χ0) is 11.8. The number of fused-ring (bicyclic) bond motifs is 1. The van der Waals surface area contributed by atoms with Crippen LogP contribution in [0.1, 0.15) is 17.2 Å². The Kier molecular flexibility index (Phi) is 2.84. The molecular weight excluding hydrogens is 250 g/mol. The van der Waals surface area contributed by atoms with Gasteiger partial charge in [-0.3, -0.25) is 4.79 Å². The highest BCUT2D eigenvalue weighted by atomic mass is 32.2. The number of rotatable bonds is 2. The van der Waals surface area contributed by atoms with Gasteiger partial charge >= 0.3 is 4.87 Å². The summed E-state index contributed by atoms with van der Waals surface area (Å²) in [6, 6.07) is 8.52. The quantitative estimate of drug-likeness (QED) is 0.830. The molecule has 2 heterocycles. The number of hydrogen-bond acceptors (Lipinski definition) is 3. The molecule has 0 saturated heterocycles. The Morgan fingerprint density at radius 2 is 2.24 bits per heavy atom. The molecule has 1 aromatic carbocycles. The van der Waals surface area contributed by atoms with Crippen LogP contribution in [0.4, 0.5) is 0 Å². The van der Waals surface area contributed by atoms with Gasteiger partial charge in [-0.25, -0.2) is 0 Å². The number of aromatic nitrogens is 1. The molecule has 88 valence electrons. The van der Waals surface area contributed by atoms with Gasteiger partial charge in [-0.1, -0.05) is 29.5 Å². The molecule has 0 radical (unpaired) electrons. The Labute approximate surface area is 108 Å². The van der Waals surface area contributed by atoms with Crippen LogP contribution in [0.15, 0.2) is 39.3 Å². The van der Waals surface area contributed by atoms with Crippen LogP contribution in [-0.4, -0.2) is 10.3 Å². The Bertz CT molecular complexity index is 599. The molecule has 17 heavy (non-hydrogen) atoms. The van der Waals surface area contributed by atoms with Crippen molar-refractivity contribution in [1.82, 2.24) is 4.57 Å². The van der Waals surface area contributed by atoms with Crippen LogP contribution in [0.2, 0.25) is 0 Å². The second kappa shape index (κ2) is 4.35. The van der Waals surface area contributed by atoms with E-state index in [0.717, 1.165) is 18.0 Å². The largest absolute Gasteiger partial charge is 0.307 e. The van der Waals surface area contributed by atoms with Gasteiger partial charge in [0.1, 0.15) is 0 Å². The molecule has 1 aliphatic rings. The Morgan fingerprint density at radius 3 is 3.00 bits per heavy atom. The minimum absolute atomic E-state index is 0.164. The van der Waals surface area contributed by atoms with E-state index in [-0.39, 0.29) is 4.87 Å². The topological polar surface area (TPSA) is 22.0 Å². The summed E-state index contributed by atoms with van der Waals surface area (Å²) in [6.45, 7) is 2.82. The van der Waals surface area contributed by atoms with Crippen molar-refractivity contribution in [1.29, 1.82) is 0 Å². The van der Waals surface area contributed by atoms with Crippen LogP contribution in [0.3, 0.4) is 0 Å². The minimum Gasteiger partial charge on any atom is -0.303 e. The maximum Gasteiger partial charge on any atom is 0.307 e. The Balaban J connectivity index is 1.92. The predicted molar refractivity (Wildman–Crippen MR) is 73.2 cm³/mol. The number of nitrogens with zero attached hydrogens (tertiary/aromatic N) is 1. The average Bonchev–Trinajstić information content (AvgIpc) is 2.88. The first-order chi connectivity index (χ1) is 8.25. The lowest BCUT2D eigenvalue weighted by Crippen LogP contribution is -2.19. The lowest BCUT2D eigenvalue weighted by Gasteiger charge is -2.12. The second-order valence-electron chi connectivity index (χ2n) is 4.30. The van der Waals surface area contributed by atoms with Gasteiger partial charge in [-0.15, -0.1) is 11.8 Å². The van der Waals surface area contributed by atoms with E-state index < -0.39 is 0 Å². The van der Waals surface area contributed by atoms with E-state index in [4.69, 9.17) is 0 Å². The summed E-state index contributed by atoms with van der Waals surface area (Å²) in [4.78, 5) is 13.3. The standard InChI is InChI=1S/C13H13NOS2/c1-9-7-17-13(15)14(9)6-10-8-16-12-5-3-2-4-11(10)12/h2-5,7,10H,6,8H2,1H3. The normalized spacial score (nSPS) is 18.3. The molecule has 0 N–H and O–H groups in total. The van der Waals surface area contributed by atoms with Crippen molar-refractivity contribution >= 4 is 23.1 Å². The van der Waals surface area contributed by atoms with Gasteiger partial charge in [-0.05, 0) is 18.6 Å². The van der Waals surface area contributed by atoms with Gasteiger partial charge < -0.3 is 4.57 Å². The smallest absolute Gasteiger partial charge is 0.303 e. The molecule has 0 fully saturated rings. The Morgan fingerprint density at radius 1 is 1.41 bits per heavy atom. The summed E-state index contributed by atoms with van der Waals surface area (Å²) in [5.41, 5.74) is 2.48. The fourth-order valence-corrected chi connectivity index (χ4v) is 4.21. The molecule has 0 saturated carbocycles. The van der Waals surface area contributed by atoms with Crippen molar-refractivity contribution in [2.24, 2.45) is 0 Å². The third-order valence-electron chi connectivity index (χ3n) is 3.18. The maximum atomic E-state index is 11.7. The zero-order valence-electron chi connectivity index (χ0n) is 9.55. The van der Waals surface area contributed by atoms with Crippen LogP contribution in [0.5, 0.6) is 0 Å². The van der Waals surface area contributed by atoms with E-state index in [1.54, 1.807) is 0 Å². The van der Waals surface area contributed by atoms with E-state index in [0.29, 0.717) is 5.92 Å². The number of aryl methyl sites for hydroxylation is 1. The highest BCUT2D eigenvalue weighted by molar-refractivity contribution is 7.99. The molecule has 0 amide bonds. The van der Waals surface area contributed by atoms with Gasteiger partial charge in [0.05, 0.1) is 0 Å². The van der Waals surface area contributed by atoms with Crippen LogP contribution in [0, 0.1) is 6.92 Å². The fraction of sp³-hybridized carbons (Fsp3) is 0.308. The molecule has 0 aliphatic carbocycles. The van der Waals surface area contributed by atoms with Crippen molar-refractivity contribution in [3.8, 4) is 0 Å². The average molecular weight is 263 g/mol. The summed E-state index contributed by atoms with van der Waals surface area (Å²) >= 11 is 3.19. The van der Waals surface area contributed by atoms with Crippen molar-refractivity contribution in [3.05, 3.63) is 50.6 Å². The van der Waals surface area contributed by atoms with Gasteiger partial charge in [0.15, 0.2) is 0 Å². The lowest BCUT2D eigenvalue weighted by molar-refractivity contribution is 0.586. The molecule has 2 nitrogen and oxygen atoms in total. The highest BCUT2D eigenvalue weighted by Gasteiger charge is 2.23. The van der Waals surface area contributed by atoms with Crippen molar-refractivity contribution in [2.45, 2.75) is 24.3 Å². The summed E-state index contributed by atoms with van der Waals surface area (Å²) < 4.78 is 1.90. The summed E-state index contributed by atoms with van der Waals surface area (Å²) in [5, 5.41) is 1.94. The van der Waals surface area contributed by atoms with E-state index in [2.05, 4.69) is 24.3 Å². The molecule has 3 rings (SSSR count). The number of thioether (sulfide) groups is 1. The molecule has 0 spiro atoms. The predicted octanol–water partition coefficient (Wildman–Crippen LogP) is 3.11. The zero-order valence-corrected chi connectivity index (χ0v) is 11.2. The van der Waals surface area contributed by atoms with Crippen LogP contribution in [0.25, 0.3) is 0 Å². The maximum absolute atomic E-state index is 11.7.